The van der Waals surface area contributed by atoms with Gasteiger partial charge in [0, 0.05) is 16.4 Å². The van der Waals surface area contributed by atoms with Gasteiger partial charge in [-0.15, -0.1) is 0 Å². The Balaban J connectivity index is 1.94. The van der Waals surface area contributed by atoms with Crippen molar-refractivity contribution in [3.8, 4) is 0 Å². The molecular weight excluding hydrogens is 312 g/mol. The van der Waals surface area contributed by atoms with Crippen LogP contribution in [0.4, 0.5) is 0 Å². The summed E-state index contributed by atoms with van der Waals surface area (Å²) in [6, 6.07) is 4.29. The van der Waals surface area contributed by atoms with Crippen molar-refractivity contribution in [2.75, 3.05) is 13.1 Å². The summed E-state index contributed by atoms with van der Waals surface area (Å²) in [5, 5.41) is 3.63. The molecule has 0 radical (unpaired) electrons. The third-order valence-corrected chi connectivity index (χ3v) is 4.88. The highest BCUT2D eigenvalue weighted by Crippen LogP contribution is 2.31. The van der Waals surface area contributed by atoms with E-state index in [9.17, 15) is 0 Å². The van der Waals surface area contributed by atoms with Crippen LogP contribution in [0.1, 0.15) is 51.1 Å². The first kappa shape index (κ1) is 16.0. The first-order valence-corrected chi connectivity index (χ1v) is 8.90. The van der Waals surface area contributed by atoms with Crippen molar-refractivity contribution in [2.24, 2.45) is 11.8 Å². The molecule has 0 aliphatic heterocycles. The summed E-state index contributed by atoms with van der Waals surface area (Å²) in [6.07, 6.45) is 11.3. The van der Waals surface area contributed by atoms with Gasteiger partial charge in [0.05, 0.1) is 0 Å². The van der Waals surface area contributed by atoms with Crippen molar-refractivity contribution in [1.29, 1.82) is 0 Å². The normalized spacial score (nSPS) is 23.5. The van der Waals surface area contributed by atoms with E-state index < -0.39 is 0 Å². The van der Waals surface area contributed by atoms with Crippen LogP contribution in [0.5, 0.6) is 0 Å². The van der Waals surface area contributed by atoms with Crippen LogP contribution in [0.15, 0.2) is 22.8 Å². The van der Waals surface area contributed by atoms with E-state index in [2.05, 4.69) is 45.3 Å². The number of nitrogens with one attached hydrogen (secondary N) is 1. The highest BCUT2D eigenvalue weighted by molar-refractivity contribution is 9.10. The molecule has 1 aromatic heterocycles. The highest BCUT2D eigenvalue weighted by atomic mass is 79.9. The molecule has 2 rings (SSSR count). The van der Waals surface area contributed by atoms with Gasteiger partial charge in [-0.1, -0.05) is 26.2 Å². The highest BCUT2D eigenvalue weighted by Gasteiger charge is 2.23. The molecule has 0 amide bonds. The number of nitrogens with zero attached hydrogens (tertiary/aromatic N) is 1. The summed E-state index contributed by atoms with van der Waals surface area (Å²) < 4.78 is 1.07. The summed E-state index contributed by atoms with van der Waals surface area (Å²) in [6.45, 7) is 4.58. The van der Waals surface area contributed by atoms with Gasteiger partial charge in [0.25, 0.3) is 0 Å². The first-order chi connectivity index (χ1) is 9.79. The molecule has 2 atom stereocenters. The molecule has 1 N–H and O–H groups in total. The van der Waals surface area contributed by atoms with Crippen molar-refractivity contribution >= 4 is 15.9 Å². The van der Waals surface area contributed by atoms with Gasteiger partial charge in [-0.2, -0.15) is 0 Å². The topological polar surface area (TPSA) is 24.9 Å². The Labute approximate surface area is 131 Å². The lowest BCUT2D eigenvalue weighted by Gasteiger charge is -2.25. The number of hydrogen-bond acceptors (Lipinski definition) is 2. The van der Waals surface area contributed by atoms with Gasteiger partial charge in [-0.05, 0) is 78.7 Å². The summed E-state index contributed by atoms with van der Waals surface area (Å²) in [4.78, 5) is 4.57. The van der Waals surface area contributed by atoms with Crippen LogP contribution < -0.4 is 5.32 Å². The molecule has 1 fully saturated rings. The molecule has 2 nitrogen and oxygen atoms in total. The van der Waals surface area contributed by atoms with Gasteiger partial charge in [0.15, 0.2) is 0 Å². The van der Waals surface area contributed by atoms with Crippen LogP contribution in [-0.4, -0.2) is 18.1 Å². The van der Waals surface area contributed by atoms with E-state index in [-0.39, 0.29) is 0 Å². The van der Waals surface area contributed by atoms with Gasteiger partial charge in [0.1, 0.15) is 0 Å². The number of rotatable bonds is 6. The molecule has 1 aliphatic carbocycles. The minimum absolute atomic E-state index is 0.801. The molecule has 0 aromatic carbocycles. The Hall–Kier alpha value is -0.410. The quantitative estimate of drug-likeness (QED) is 0.606. The van der Waals surface area contributed by atoms with Crippen LogP contribution in [0.2, 0.25) is 0 Å². The number of aromatic nitrogens is 1. The Morgan fingerprint density at radius 1 is 1.20 bits per heavy atom. The standard InChI is InChI=1S/C17H27BrN2/c1-2-10-19-12-15-7-5-3-4-6-14(15)11-17-9-8-16(18)13-20-17/h8-9,13-15,19H,2-7,10-12H2,1H3. The van der Waals surface area contributed by atoms with Gasteiger partial charge >= 0.3 is 0 Å². The fourth-order valence-electron chi connectivity index (χ4n) is 3.26. The van der Waals surface area contributed by atoms with Crippen molar-refractivity contribution in [1.82, 2.24) is 10.3 Å². The molecule has 2 unspecified atom stereocenters. The molecule has 20 heavy (non-hydrogen) atoms. The second-order valence-electron chi connectivity index (χ2n) is 6.03. The van der Waals surface area contributed by atoms with Crippen molar-refractivity contribution in [2.45, 2.75) is 51.9 Å². The largest absolute Gasteiger partial charge is 0.316 e. The molecule has 1 heterocycles. The Morgan fingerprint density at radius 2 is 2.00 bits per heavy atom. The van der Waals surface area contributed by atoms with Crippen molar-refractivity contribution in [3.05, 3.63) is 28.5 Å². The number of halogens is 1. The van der Waals surface area contributed by atoms with Crippen LogP contribution in [0, 0.1) is 11.8 Å². The molecular formula is C17H27BrN2. The average Bonchev–Trinajstić information content (AvgIpc) is 2.67. The van der Waals surface area contributed by atoms with E-state index in [0.29, 0.717) is 0 Å². The van der Waals surface area contributed by atoms with Gasteiger partial charge in [-0.3, -0.25) is 4.98 Å². The summed E-state index contributed by atoms with van der Waals surface area (Å²) >= 11 is 3.46. The minimum atomic E-state index is 0.801. The van der Waals surface area contributed by atoms with Crippen molar-refractivity contribution in [3.63, 3.8) is 0 Å². The molecule has 0 saturated heterocycles. The Bertz CT molecular complexity index is 377. The zero-order valence-corrected chi connectivity index (χ0v) is 14.2. The lowest BCUT2D eigenvalue weighted by molar-refractivity contribution is 0.296. The number of pyridine rings is 1. The molecule has 3 heteroatoms. The Morgan fingerprint density at radius 3 is 2.70 bits per heavy atom. The second-order valence-corrected chi connectivity index (χ2v) is 6.95. The summed E-state index contributed by atoms with van der Waals surface area (Å²) in [5.74, 6) is 1.63. The lowest BCUT2D eigenvalue weighted by Crippen LogP contribution is -2.29. The monoisotopic (exact) mass is 338 g/mol. The van der Waals surface area contributed by atoms with E-state index in [1.165, 1.54) is 50.8 Å². The molecule has 0 spiro atoms. The predicted octanol–water partition coefficient (Wildman–Crippen LogP) is 4.58. The van der Waals surface area contributed by atoms with Crippen LogP contribution in [0.25, 0.3) is 0 Å². The average molecular weight is 339 g/mol. The molecule has 112 valence electrons. The third kappa shape index (κ3) is 5.17. The third-order valence-electron chi connectivity index (χ3n) is 4.41. The van der Waals surface area contributed by atoms with Gasteiger partial charge < -0.3 is 5.32 Å². The maximum atomic E-state index is 4.57. The zero-order valence-electron chi connectivity index (χ0n) is 12.6. The maximum absolute atomic E-state index is 4.57. The van der Waals surface area contributed by atoms with Crippen molar-refractivity contribution < 1.29 is 0 Å². The smallest absolute Gasteiger partial charge is 0.0413 e. The fraction of sp³-hybridized carbons (Fsp3) is 0.706. The van der Waals surface area contributed by atoms with E-state index in [4.69, 9.17) is 0 Å². The minimum Gasteiger partial charge on any atom is -0.316 e. The summed E-state index contributed by atoms with van der Waals surface area (Å²) in [5.41, 5.74) is 1.25. The fourth-order valence-corrected chi connectivity index (χ4v) is 3.49. The molecule has 1 aliphatic rings. The molecule has 0 bridgehead atoms. The van der Waals surface area contributed by atoms with E-state index in [1.807, 2.05) is 6.20 Å². The van der Waals surface area contributed by atoms with E-state index in [0.717, 1.165) is 29.3 Å². The predicted molar refractivity (Wildman–Crippen MR) is 88.9 cm³/mol. The van der Waals surface area contributed by atoms with Crippen LogP contribution >= 0.6 is 15.9 Å². The van der Waals surface area contributed by atoms with E-state index in [1.54, 1.807) is 0 Å². The second kappa shape index (κ2) is 8.78. The summed E-state index contributed by atoms with van der Waals surface area (Å²) in [7, 11) is 0. The molecule has 1 aromatic rings. The van der Waals surface area contributed by atoms with Crippen LogP contribution in [-0.2, 0) is 6.42 Å². The van der Waals surface area contributed by atoms with Gasteiger partial charge in [0.2, 0.25) is 0 Å². The first-order valence-electron chi connectivity index (χ1n) is 8.10. The van der Waals surface area contributed by atoms with Gasteiger partial charge in [-0.25, -0.2) is 0 Å². The van der Waals surface area contributed by atoms with E-state index >= 15 is 0 Å². The van der Waals surface area contributed by atoms with Crippen LogP contribution in [0.3, 0.4) is 0 Å². The maximum Gasteiger partial charge on any atom is 0.0413 e. The molecule has 1 saturated carbocycles. The lowest BCUT2D eigenvalue weighted by atomic mass is 9.84. The SMILES string of the molecule is CCCNCC1CCCCCC1Cc1ccc(Br)cn1. The number of hydrogen-bond donors (Lipinski definition) is 1. The Kier molecular flexibility index (Phi) is 7.01. The zero-order chi connectivity index (χ0) is 14.2.